The fourth-order valence-electron chi connectivity index (χ4n) is 3.65. The van der Waals surface area contributed by atoms with Crippen LogP contribution < -0.4 is 5.32 Å². The highest BCUT2D eigenvalue weighted by atomic mass is 16.2. The predicted molar refractivity (Wildman–Crippen MR) is 78.4 cm³/mol. The van der Waals surface area contributed by atoms with Gasteiger partial charge in [0.15, 0.2) is 0 Å². The van der Waals surface area contributed by atoms with Crippen molar-refractivity contribution >= 4 is 6.03 Å². The number of aromatic nitrogens is 2. The summed E-state index contributed by atoms with van der Waals surface area (Å²) < 4.78 is 1.75. The second-order valence-electron chi connectivity index (χ2n) is 5.83. The van der Waals surface area contributed by atoms with Crippen LogP contribution in [0, 0.1) is 0 Å². The number of carbonyl (C=O) groups is 1. The van der Waals surface area contributed by atoms with Gasteiger partial charge < -0.3 is 10.2 Å². The van der Waals surface area contributed by atoms with Gasteiger partial charge in [0.1, 0.15) is 0 Å². The summed E-state index contributed by atoms with van der Waals surface area (Å²) in [6, 6.07) is 8.96. The Morgan fingerprint density at radius 1 is 1.29 bits per heavy atom. The van der Waals surface area contributed by atoms with E-state index in [0.29, 0.717) is 6.54 Å². The quantitative estimate of drug-likeness (QED) is 0.920. The molecular weight excluding hydrogens is 264 g/mol. The first-order valence-electron chi connectivity index (χ1n) is 7.36. The number of amides is 2. The Morgan fingerprint density at radius 2 is 1.95 bits per heavy atom. The van der Waals surface area contributed by atoms with E-state index in [0.717, 1.165) is 18.4 Å². The summed E-state index contributed by atoms with van der Waals surface area (Å²) in [4.78, 5) is 14.6. The molecule has 2 aliphatic heterocycles. The molecule has 5 nitrogen and oxygen atoms in total. The van der Waals surface area contributed by atoms with E-state index in [9.17, 15) is 4.79 Å². The Hall–Kier alpha value is -2.30. The minimum absolute atomic E-state index is 0.0301. The molecule has 1 aromatic carbocycles. The molecule has 108 valence electrons. The van der Waals surface area contributed by atoms with Crippen molar-refractivity contribution in [2.24, 2.45) is 7.05 Å². The summed E-state index contributed by atoms with van der Waals surface area (Å²) in [5, 5.41) is 7.14. The molecule has 0 saturated carbocycles. The second-order valence-corrected chi connectivity index (χ2v) is 5.83. The van der Waals surface area contributed by atoms with Gasteiger partial charge in [0.05, 0.1) is 18.3 Å². The first kappa shape index (κ1) is 12.4. The Kier molecular flexibility index (Phi) is 2.74. The highest BCUT2D eigenvalue weighted by Gasteiger charge is 2.45. The fraction of sp³-hybridized carbons (Fsp3) is 0.375. The Balaban J connectivity index is 1.49. The van der Waals surface area contributed by atoms with E-state index in [1.165, 1.54) is 11.1 Å². The molecule has 1 fully saturated rings. The minimum atomic E-state index is 0.0301. The minimum Gasteiger partial charge on any atom is -0.334 e. The lowest BCUT2D eigenvalue weighted by Crippen LogP contribution is -2.37. The van der Waals surface area contributed by atoms with Crippen LogP contribution in [0.3, 0.4) is 0 Å². The van der Waals surface area contributed by atoms with Gasteiger partial charge in [-0.1, -0.05) is 24.3 Å². The number of nitrogens with zero attached hydrogens (tertiary/aromatic N) is 3. The molecule has 1 aromatic heterocycles. The van der Waals surface area contributed by atoms with Gasteiger partial charge in [-0.25, -0.2) is 4.79 Å². The third-order valence-corrected chi connectivity index (χ3v) is 4.54. The maximum atomic E-state index is 12.5. The molecule has 1 saturated heterocycles. The van der Waals surface area contributed by atoms with Crippen molar-refractivity contribution in [1.82, 2.24) is 20.0 Å². The summed E-state index contributed by atoms with van der Waals surface area (Å²) >= 11 is 0. The standard InChI is InChI=1S/C16H18N4O/c1-19-10-11(9-18-19)8-17-16(21)20-14-6-7-15(20)13-5-3-2-4-12(13)14/h2-5,9-10,14-15H,6-8H2,1H3,(H,17,21). The number of hydrogen-bond donors (Lipinski definition) is 1. The largest absolute Gasteiger partial charge is 0.334 e. The maximum Gasteiger partial charge on any atom is 0.318 e. The van der Waals surface area contributed by atoms with E-state index in [4.69, 9.17) is 0 Å². The zero-order valence-electron chi connectivity index (χ0n) is 12.0. The molecule has 3 heterocycles. The summed E-state index contributed by atoms with van der Waals surface area (Å²) in [6.07, 6.45) is 5.85. The summed E-state index contributed by atoms with van der Waals surface area (Å²) in [5.74, 6) is 0. The molecular formula is C16H18N4O. The molecule has 0 aliphatic carbocycles. The van der Waals surface area contributed by atoms with Crippen molar-refractivity contribution < 1.29 is 4.79 Å². The average Bonchev–Trinajstić information content (AvgIpc) is 3.18. The number of rotatable bonds is 2. The number of carbonyl (C=O) groups excluding carboxylic acids is 1. The van der Waals surface area contributed by atoms with Crippen LogP contribution in [0.1, 0.15) is 41.6 Å². The maximum absolute atomic E-state index is 12.5. The molecule has 2 unspecified atom stereocenters. The van der Waals surface area contributed by atoms with Gasteiger partial charge in [-0.05, 0) is 24.0 Å². The highest BCUT2D eigenvalue weighted by Crippen LogP contribution is 2.52. The van der Waals surface area contributed by atoms with Gasteiger partial charge in [-0.3, -0.25) is 4.68 Å². The molecule has 1 N–H and O–H groups in total. The second kappa shape index (κ2) is 4.62. The van der Waals surface area contributed by atoms with Crippen LogP contribution >= 0.6 is 0 Å². The molecule has 2 aliphatic rings. The topological polar surface area (TPSA) is 50.2 Å². The lowest BCUT2D eigenvalue weighted by Gasteiger charge is -2.22. The first-order chi connectivity index (χ1) is 10.2. The van der Waals surface area contributed by atoms with Crippen molar-refractivity contribution in [2.45, 2.75) is 31.5 Å². The van der Waals surface area contributed by atoms with Crippen LogP contribution in [0.4, 0.5) is 4.79 Å². The predicted octanol–water partition coefficient (Wildman–Crippen LogP) is 2.52. The third-order valence-electron chi connectivity index (χ3n) is 4.54. The smallest absolute Gasteiger partial charge is 0.318 e. The van der Waals surface area contributed by atoms with Gasteiger partial charge in [0.25, 0.3) is 0 Å². The molecule has 2 amide bonds. The zero-order valence-corrected chi connectivity index (χ0v) is 12.0. The number of benzene rings is 1. The molecule has 0 spiro atoms. The fourth-order valence-corrected chi connectivity index (χ4v) is 3.65. The van der Waals surface area contributed by atoms with E-state index < -0.39 is 0 Å². The normalized spacial score (nSPS) is 22.4. The van der Waals surface area contributed by atoms with Gasteiger partial charge in [-0.15, -0.1) is 0 Å². The van der Waals surface area contributed by atoms with Crippen molar-refractivity contribution in [3.8, 4) is 0 Å². The number of hydrogen-bond acceptors (Lipinski definition) is 2. The van der Waals surface area contributed by atoms with E-state index in [-0.39, 0.29) is 18.1 Å². The third kappa shape index (κ3) is 1.92. The summed E-state index contributed by atoms with van der Waals surface area (Å²) in [5.41, 5.74) is 3.67. The Bertz CT molecular complexity index is 662. The highest BCUT2D eigenvalue weighted by molar-refractivity contribution is 5.77. The lowest BCUT2D eigenvalue weighted by molar-refractivity contribution is 0.182. The van der Waals surface area contributed by atoms with Crippen LogP contribution in [0.2, 0.25) is 0 Å². The van der Waals surface area contributed by atoms with Crippen molar-refractivity contribution in [3.05, 3.63) is 53.3 Å². The molecule has 21 heavy (non-hydrogen) atoms. The molecule has 2 bridgehead atoms. The summed E-state index contributed by atoms with van der Waals surface area (Å²) in [7, 11) is 1.88. The molecule has 2 aromatic rings. The first-order valence-corrected chi connectivity index (χ1v) is 7.36. The van der Waals surface area contributed by atoms with E-state index in [2.05, 4.69) is 34.7 Å². The van der Waals surface area contributed by atoms with E-state index >= 15 is 0 Å². The van der Waals surface area contributed by atoms with E-state index in [1.807, 2.05) is 18.1 Å². The van der Waals surface area contributed by atoms with Crippen molar-refractivity contribution in [1.29, 1.82) is 0 Å². The molecule has 2 atom stereocenters. The van der Waals surface area contributed by atoms with Gasteiger partial charge >= 0.3 is 6.03 Å². The van der Waals surface area contributed by atoms with Crippen LogP contribution in [0.15, 0.2) is 36.7 Å². The zero-order chi connectivity index (χ0) is 14.4. The van der Waals surface area contributed by atoms with Crippen LogP contribution in [0.5, 0.6) is 0 Å². The monoisotopic (exact) mass is 282 g/mol. The number of fused-ring (bicyclic) bond motifs is 5. The van der Waals surface area contributed by atoms with Gasteiger partial charge in [0.2, 0.25) is 0 Å². The lowest BCUT2D eigenvalue weighted by atomic mass is 9.92. The van der Waals surface area contributed by atoms with Crippen molar-refractivity contribution in [3.63, 3.8) is 0 Å². The number of urea groups is 1. The van der Waals surface area contributed by atoms with Gasteiger partial charge in [0, 0.05) is 25.4 Å². The van der Waals surface area contributed by atoms with Gasteiger partial charge in [-0.2, -0.15) is 5.10 Å². The summed E-state index contributed by atoms with van der Waals surface area (Å²) in [6.45, 7) is 0.527. The van der Waals surface area contributed by atoms with Crippen LogP contribution in [0.25, 0.3) is 0 Å². The number of aryl methyl sites for hydroxylation is 1. The average molecular weight is 282 g/mol. The van der Waals surface area contributed by atoms with Crippen LogP contribution in [-0.4, -0.2) is 20.7 Å². The Labute approximate surface area is 123 Å². The van der Waals surface area contributed by atoms with Crippen LogP contribution in [-0.2, 0) is 13.6 Å². The molecule has 4 rings (SSSR count). The SMILES string of the molecule is Cn1cc(CNC(=O)N2C3CCC2c2ccccc23)cn1. The molecule has 0 radical (unpaired) electrons. The van der Waals surface area contributed by atoms with Crippen molar-refractivity contribution in [2.75, 3.05) is 0 Å². The van der Waals surface area contributed by atoms with E-state index in [1.54, 1.807) is 10.9 Å². The molecule has 5 heteroatoms. The Morgan fingerprint density at radius 3 is 2.52 bits per heavy atom. The number of nitrogens with one attached hydrogen (secondary N) is 1.